The van der Waals surface area contributed by atoms with Gasteiger partial charge in [-0.25, -0.2) is 4.79 Å². The molecule has 3 rings (SSSR count). The molecule has 0 aliphatic heterocycles. The van der Waals surface area contributed by atoms with Crippen molar-refractivity contribution in [2.24, 2.45) is 11.8 Å². The molecule has 21 heavy (non-hydrogen) atoms. The van der Waals surface area contributed by atoms with E-state index in [1.165, 1.54) is 19.3 Å². The van der Waals surface area contributed by atoms with Gasteiger partial charge in [0.1, 0.15) is 11.2 Å². The van der Waals surface area contributed by atoms with Gasteiger partial charge in [-0.05, 0) is 57.3 Å². The highest BCUT2D eigenvalue weighted by atomic mass is 16.6. The van der Waals surface area contributed by atoms with Crippen LogP contribution in [0.4, 0.5) is 0 Å². The number of fused-ring (bicyclic) bond motifs is 3. The first-order valence-electron chi connectivity index (χ1n) is 8.60. The molecule has 0 aromatic rings. The molecule has 0 radical (unpaired) electrons. The Labute approximate surface area is 127 Å². The molecule has 3 aliphatic rings. The van der Waals surface area contributed by atoms with Gasteiger partial charge in [0.2, 0.25) is 0 Å². The summed E-state index contributed by atoms with van der Waals surface area (Å²) < 4.78 is 5.91. The average molecular weight is 292 g/mol. The lowest BCUT2D eigenvalue weighted by Crippen LogP contribution is -2.66. The Balaban J connectivity index is 1.92. The first kappa shape index (κ1) is 15.1. The summed E-state index contributed by atoms with van der Waals surface area (Å²) in [6, 6.07) is 0. The van der Waals surface area contributed by atoms with E-state index < -0.39 is 11.2 Å². The van der Waals surface area contributed by atoms with Gasteiger partial charge in [0, 0.05) is 5.57 Å². The van der Waals surface area contributed by atoms with E-state index in [2.05, 4.69) is 6.58 Å². The molecule has 3 saturated carbocycles. The van der Waals surface area contributed by atoms with Crippen molar-refractivity contribution in [1.82, 2.24) is 0 Å². The number of hydrogen-bond acceptors (Lipinski definition) is 3. The zero-order chi connectivity index (χ0) is 15.1. The van der Waals surface area contributed by atoms with E-state index in [1.807, 2.05) is 0 Å². The molecule has 1 N–H and O–H groups in total. The normalized spacial score (nSPS) is 42.6. The quantitative estimate of drug-likeness (QED) is 0.623. The maximum atomic E-state index is 12.1. The van der Waals surface area contributed by atoms with Crippen molar-refractivity contribution < 1.29 is 14.6 Å². The molecule has 3 heteroatoms. The van der Waals surface area contributed by atoms with Crippen molar-refractivity contribution in [1.29, 1.82) is 0 Å². The molecular formula is C18H28O3. The van der Waals surface area contributed by atoms with E-state index in [9.17, 15) is 9.90 Å². The third-order valence-electron chi connectivity index (χ3n) is 6.26. The number of rotatable bonds is 2. The number of carbonyl (C=O) groups is 1. The van der Waals surface area contributed by atoms with E-state index in [-0.39, 0.29) is 5.97 Å². The van der Waals surface area contributed by atoms with E-state index in [1.54, 1.807) is 6.92 Å². The fourth-order valence-corrected chi connectivity index (χ4v) is 5.17. The largest absolute Gasteiger partial charge is 0.453 e. The van der Waals surface area contributed by atoms with Crippen LogP contribution in [0.2, 0.25) is 0 Å². The Morgan fingerprint density at radius 3 is 2.57 bits per heavy atom. The summed E-state index contributed by atoms with van der Waals surface area (Å²) in [4.78, 5) is 12.1. The zero-order valence-corrected chi connectivity index (χ0v) is 13.2. The first-order valence-corrected chi connectivity index (χ1v) is 8.60. The van der Waals surface area contributed by atoms with Crippen LogP contribution in [0.15, 0.2) is 12.2 Å². The minimum Gasteiger partial charge on any atom is -0.453 e. The Morgan fingerprint density at radius 1 is 1.10 bits per heavy atom. The standard InChI is InChI=1S/C18H28O3/c1-13(2)16(19)21-17-10-5-6-11-18(17,20)15-8-4-3-7-14(15)9-12-17/h14-15,20H,1,3-12H2,2H3. The van der Waals surface area contributed by atoms with Crippen molar-refractivity contribution in [3.63, 3.8) is 0 Å². The van der Waals surface area contributed by atoms with Gasteiger partial charge in [-0.15, -0.1) is 0 Å². The van der Waals surface area contributed by atoms with E-state index >= 15 is 0 Å². The second-order valence-corrected chi connectivity index (χ2v) is 7.49. The highest BCUT2D eigenvalue weighted by molar-refractivity contribution is 5.87. The second-order valence-electron chi connectivity index (χ2n) is 7.49. The Morgan fingerprint density at radius 2 is 1.81 bits per heavy atom. The summed E-state index contributed by atoms with van der Waals surface area (Å²) in [5, 5.41) is 11.6. The molecule has 4 unspecified atom stereocenters. The van der Waals surface area contributed by atoms with Gasteiger partial charge in [-0.1, -0.05) is 32.3 Å². The predicted octanol–water partition coefficient (Wildman–Crippen LogP) is 3.75. The Kier molecular flexibility index (Phi) is 3.89. The lowest BCUT2D eigenvalue weighted by Gasteiger charge is -2.59. The Bertz CT molecular complexity index is 444. The summed E-state index contributed by atoms with van der Waals surface area (Å²) in [6.07, 6.45) is 10.4. The highest BCUT2D eigenvalue weighted by Gasteiger charge is 2.62. The van der Waals surface area contributed by atoms with Crippen molar-refractivity contribution in [3.8, 4) is 0 Å². The molecule has 3 aliphatic carbocycles. The van der Waals surface area contributed by atoms with Crippen molar-refractivity contribution >= 4 is 5.97 Å². The van der Waals surface area contributed by atoms with Crippen molar-refractivity contribution in [2.75, 3.05) is 0 Å². The van der Waals surface area contributed by atoms with Gasteiger partial charge in [0.05, 0.1) is 0 Å². The summed E-state index contributed by atoms with van der Waals surface area (Å²) in [6.45, 7) is 5.39. The van der Waals surface area contributed by atoms with Crippen LogP contribution in [-0.2, 0) is 9.53 Å². The number of esters is 1. The van der Waals surface area contributed by atoms with Crippen LogP contribution >= 0.6 is 0 Å². The van der Waals surface area contributed by atoms with Crippen molar-refractivity contribution in [2.45, 2.75) is 82.3 Å². The molecule has 118 valence electrons. The van der Waals surface area contributed by atoms with Gasteiger partial charge in [0.15, 0.2) is 0 Å². The van der Waals surface area contributed by atoms with Crippen LogP contribution in [0.1, 0.15) is 71.1 Å². The average Bonchev–Trinajstić information content (AvgIpc) is 2.48. The van der Waals surface area contributed by atoms with Gasteiger partial charge in [-0.2, -0.15) is 0 Å². The topological polar surface area (TPSA) is 46.5 Å². The van der Waals surface area contributed by atoms with Gasteiger partial charge in [-0.3, -0.25) is 0 Å². The SMILES string of the molecule is C=C(C)C(=O)OC12CCCCC1(O)C1CCCCC1CC2. The molecule has 0 heterocycles. The number of hydrogen-bond donors (Lipinski definition) is 1. The lowest BCUT2D eigenvalue weighted by molar-refractivity contribution is -0.253. The van der Waals surface area contributed by atoms with Crippen LogP contribution in [0, 0.1) is 11.8 Å². The van der Waals surface area contributed by atoms with Crippen LogP contribution in [-0.4, -0.2) is 22.3 Å². The molecule has 0 bridgehead atoms. The minimum absolute atomic E-state index is 0.318. The maximum absolute atomic E-state index is 12.1. The second kappa shape index (κ2) is 5.42. The molecule has 0 spiro atoms. The Hall–Kier alpha value is -0.830. The van der Waals surface area contributed by atoms with Crippen LogP contribution < -0.4 is 0 Å². The van der Waals surface area contributed by atoms with E-state index in [4.69, 9.17) is 4.74 Å². The summed E-state index contributed by atoms with van der Waals surface area (Å²) in [5.41, 5.74) is -1.03. The van der Waals surface area contributed by atoms with Crippen LogP contribution in [0.25, 0.3) is 0 Å². The predicted molar refractivity (Wildman–Crippen MR) is 81.7 cm³/mol. The summed E-state index contributed by atoms with van der Waals surface area (Å²) >= 11 is 0. The van der Waals surface area contributed by atoms with Gasteiger partial charge >= 0.3 is 5.97 Å². The molecule has 3 nitrogen and oxygen atoms in total. The smallest absolute Gasteiger partial charge is 0.333 e. The third-order valence-corrected chi connectivity index (χ3v) is 6.26. The number of aliphatic hydroxyl groups is 1. The summed E-state index contributed by atoms with van der Waals surface area (Å²) in [7, 11) is 0. The first-order chi connectivity index (χ1) is 9.98. The summed E-state index contributed by atoms with van der Waals surface area (Å²) in [5.74, 6) is 0.612. The van der Waals surface area contributed by atoms with Gasteiger partial charge in [0.25, 0.3) is 0 Å². The number of carbonyl (C=O) groups excluding carboxylic acids is 1. The monoisotopic (exact) mass is 292 g/mol. The zero-order valence-electron chi connectivity index (χ0n) is 13.2. The van der Waals surface area contributed by atoms with Crippen molar-refractivity contribution in [3.05, 3.63) is 12.2 Å². The van der Waals surface area contributed by atoms with Crippen LogP contribution in [0.5, 0.6) is 0 Å². The fourth-order valence-electron chi connectivity index (χ4n) is 5.17. The number of ether oxygens (including phenoxy) is 1. The molecule has 0 aromatic heterocycles. The molecule has 3 fully saturated rings. The highest BCUT2D eigenvalue weighted by Crippen LogP contribution is 2.57. The molecule has 0 aromatic carbocycles. The molecular weight excluding hydrogens is 264 g/mol. The third kappa shape index (κ3) is 2.34. The maximum Gasteiger partial charge on any atom is 0.333 e. The molecule has 4 atom stereocenters. The minimum atomic E-state index is -0.806. The van der Waals surface area contributed by atoms with E-state index in [0.29, 0.717) is 17.4 Å². The lowest BCUT2D eigenvalue weighted by atomic mass is 9.53. The fraction of sp³-hybridized carbons (Fsp3) is 0.833. The van der Waals surface area contributed by atoms with Crippen LogP contribution in [0.3, 0.4) is 0 Å². The van der Waals surface area contributed by atoms with Gasteiger partial charge < -0.3 is 9.84 Å². The molecule has 0 amide bonds. The molecule has 0 saturated heterocycles. The van der Waals surface area contributed by atoms with E-state index in [0.717, 1.165) is 44.9 Å².